The second-order valence-electron chi connectivity index (χ2n) is 10.7. The van der Waals surface area contributed by atoms with Crippen LogP contribution in [0, 0.1) is 23.2 Å². The summed E-state index contributed by atoms with van der Waals surface area (Å²) in [5, 5.41) is 11.8. The Labute approximate surface area is 183 Å². The number of piperidine rings is 1. The van der Waals surface area contributed by atoms with Crippen LogP contribution in [-0.2, 0) is 9.59 Å². The third-order valence-electron chi connectivity index (χ3n) is 7.77. The first-order valence-electron chi connectivity index (χ1n) is 11.7. The zero-order chi connectivity index (χ0) is 23.0. The number of hydrogen-bond acceptors (Lipinski definition) is 3. The minimum Gasteiger partial charge on any atom is -0.387 e. The van der Waals surface area contributed by atoms with Gasteiger partial charge in [-0.05, 0) is 37.5 Å². The zero-order valence-corrected chi connectivity index (χ0v) is 19.0. The molecule has 2 heterocycles. The highest BCUT2D eigenvalue weighted by atomic mass is 19.4. The minimum absolute atomic E-state index is 0.0655. The molecule has 5 nitrogen and oxygen atoms in total. The molecule has 2 amide bonds. The van der Waals surface area contributed by atoms with Gasteiger partial charge in [-0.2, -0.15) is 13.2 Å². The largest absolute Gasteiger partial charge is 0.389 e. The lowest BCUT2D eigenvalue weighted by Gasteiger charge is -2.54. The first-order chi connectivity index (χ1) is 14.3. The molecule has 178 valence electrons. The molecule has 1 spiro atoms. The summed E-state index contributed by atoms with van der Waals surface area (Å²) >= 11 is 0. The number of aliphatic hydroxyl groups is 1. The van der Waals surface area contributed by atoms with Gasteiger partial charge in [0.05, 0.1) is 18.6 Å². The monoisotopic (exact) mass is 446 g/mol. The molecule has 3 rings (SSSR count). The topological polar surface area (TPSA) is 60.9 Å². The number of nitrogens with zero attached hydrogens (tertiary/aromatic N) is 2. The molecule has 4 atom stereocenters. The van der Waals surface area contributed by atoms with Crippen molar-refractivity contribution in [3.8, 4) is 0 Å². The number of amides is 2. The summed E-state index contributed by atoms with van der Waals surface area (Å²) in [6.07, 6.45) is -0.448. The van der Waals surface area contributed by atoms with Crippen LogP contribution in [0.3, 0.4) is 0 Å². The molecule has 0 aromatic carbocycles. The highest BCUT2D eigenvalue weighted by Gasteiger charge is 2.56. The third-order valence-corrected chi connectivity index (χ3v) is 7.77. The number of carbonyl (C=O) groups is 2. The summed E-state index contributed by atoms with van der Waals surface area (Å²) in [4.78, 5) is 28.9. The van der Waals surface area contributed by atoms with E-state index in [1.165, 1.54) is 11.8 Å². The van der Waals surface area contributed by atoms with E-state index in [-0.39, 0.29) is 25.5 Å². The molecule has 3 aliphatic rings. The van der Waals surface area contributed by atoms with Gasteiger partial charge in [-0.25, -0.2) is 0 Å². The van der Waals surface area contributed by atoms with Gasteiger partial charge in [0.2, 0.25) is 11.8 Å². The summed E-state index contributed by atoms with van der Waals surface area (Å²) in [6.45, 7) is 6.91. The highest BCUT2D eigenvalue weighted by molar-refractivity contribution is 5.79. The van der Waals surface area contributed by atoms with E-state index in [1.54, 1.807) is 4.90 Å². The summed E-state index contributed by atoms with van der Waals surface area (Å²) in [5.74, 6) is -0.875. The van der Waals surface area contributed by atoms with Gasteiger partial charge in [-0.3, -0.25) is 9.59 Å². The van der Waals surface area contributed by atoms with E-state index in [4.69, 9.17) is 0 Å². The molecule has 0 bridgehead atoms. The minimum atomic E-state index is -4.38. The van der Waals surface area contributed by atoms with Crippen molar-refractivity contribution in [2.24, 2.45) is 23.2 Å². The van der Waals surface area contributed by atoms with Gasteiger partial charge in [0.1, 0.15) is 0 Å². The van der Waals surface area contributed by atoms with Crippen molar-refractivity contribution >= 4 is 11.8 Å². The van der Waals surface area contributed by atoms with E-state index < -0.39 is 35.4 Å². The lowest BCUT2D eigenvalue weighted by Crippen LogP contribution is -2.64. The van der Waals surface area contributed by atoms with Crippen LogP contribution in [0.5, 0.6) is 0 Å². The van der Waals surface area contributed by atoms with E-state index in [0.29, 0.717) is 31.2 Å². The standard InChI is InChI=1S/C23H37F3N2O3/c1-16-10-17(2)13-28(19(29)11-16)15-22(31)8-9-27(14-21(22)6-4-5-7-21)20(30)18(3)12-23(24,25)26/h16-18,31H,4-15H2,1-3H3. The van der Waals surface area contributed by atoms with Gasteiger partial charge in [-0.15, -0.1) is 0 Å². The van der Waals surface area contributed by atoms with E-state index >= 15 is 0 Å². The van der Waals surface area contributed by atoms with Gasteiger partial charge >= 0.3 is 6.18 Å². The Balaban J connectivity index is 1.76. The summed E-state index contributed by atoms with van der Waals surface area (Å²) in [6, 6.07) is 0. The Bertz CT molecular complexity index is 677. The quantitative estimate of drug-likeness (QED) is 0.710. The second-order valence-corrected chi connectivity index (χ2v) is 10.7. The van der Waals surface area contributed by atoms with E-state index in [9.17, 15) is 27.9 Å². The molecule has 2 saturated heterocycles. The SMILES string of the molecule is CC1CC(=O)N(CC2(O)CCN(C(=O)C(C)CC(F)(F)F)CC23CCCC3)CC(C)C1. The maximum Gasteiger partial charge on any atom is 0.389 e. The molecule has 31 heavy (non-hydrogen) atoms. The van der Waals surface area contributed by atoms with Gasteiger partial charge < -0.3 is 14.9 Å². The van der Waals surface area contributed by atoms with Crippen molar-refractivity contribution in [3.63, 3.8) is 0 Å². The third kappa shape index (κ3) is 5.37. The van der Waals surface area contributed by atoms with E-state index in [2.05, 4.69) is 13.8 Å². The number of rotatable bonds is 4. The average Bonchev–Trinajstić information content (AvgIpc) is 3.07. The molecule has 3 fully saturated rings. The van der Waals surface area contributed by atoms with Crippen molar-refractivity contribution in [1.82, 2.24) is 9.80 Å². The molecule has 4 unspecified atom stereocenters. The fourth-order valence-electron chi connectivity index (χ4n) is 6.25. The van der Waals surface area contributed by atoms with Gasteiger partial charge in [-0.1, -0.05) is 33.6 Å². The molecule has 2 aliphatic heterocycles. The lowest BCUT2D eigenvalue weighted by molar-refractivity contribution is -0.175. The summed E-state index contributed by atoms with van der Waals surface area (Å²) < 4.78 is 38.4. The Morgan fingerprint density at radius 2 is 1.84 bits per heavy atom. The van der Waals surface area contributed by atoms with Crippen molar-refractivity contribution in [2.75, 3.05) is 26.2 Å². The lowest BCUT2D eigenvalue weighted by atomic mass is 9.65. The fourth-order valence-corrected chi connectivity index (χ4v) is 6.25. The normalized spacial score (nSPS) is 32.9. The van der Waals surface area contributed by atoms with Crippen molar-refractivity contribution in [2.45, 2.75) is 83.9 Å². The van der Waals surface area contributed by atoms with Crippen molar-refractivity contribution < 1.29 is 27.9 Å². The Morgan fingerprint density at radius 1 is 1.19 bits per heavy atom. The van der Waals surface area contributed by atoms with Crippen LogP contribution >= 0.6 is 0 Å². The van der Waals surface area contributed by atoms with E-state index in [1.807, 2.05) is 0 Å². The Morgan fingerprint density at radius 3 is 2.45 bits per heavy atom. The van der Waals surface area contributed by atoms with Crippen molar-refractivity contribution in [1.29, 1.82) is 0 Å². The van der Waals surface area contributed by atoms with Crippen LogP contribution in [0.2, 0.25) is 0 Å². The first-order valence-corrected chi connectivity index (χ1v) is 11.7. The molecule has 0 aromatic rings. The Hall–Kier alpha value is -1.31. The summed E-state index contributed by atoms with van der Waals surface area (Å²) in [5.41, 5.74) is -1.67. The number of carbonyl (C=O) groups excluding carboxylic acids is 2. The maximum atomic E-state index is 12.8. The number of β-amino-alcohol motifs (C(OH)–C–C–N with tert-alkyl or cyclic N) is 1. The summed E-state index contributed by atoms with van der Waals surface area (Å²) in [7, 11) is 0. The average molecular weight is 447 g/mol. The van der Waals surface area contributed by atoms with Crippen LogP contribution in [0.4, 0.5) is 13.2 Å². The van der Waals surface area contributed by atoms with Crippen molar-refractivity contribution in [3.05, 3.63) is 0 Å². The zero-order valence-electron chi connectivity index (χ0n) is 19.0. The number of halogens is 3. The molecule has 1 N–H and O–H groups in total. The number of hydrogen-bond donors (Lipinski definition) is 1. The fraction of sp³-hybridized carbons (Fsp3) is 0.913. The molecule has 8 heteroatoms. The molecule has 1 saturated carbocycles. The molecular weight excluding hydrogens is 409 g/mol. The predicted octanol–water partition coefficient (Wildman–Crippen LogP) is 3.99. The first kappa shape index (κ1) is 24.3. The molecule has 0 aromatic heterocycles. The molecular formula is C23H37F3N2O3. The van der Waals surface area contributed by atoms with Crippen LogP contribution in [-0.4, -0.2) is 64.7 Å². The van der Waals surface area contributed by atoms with Crippen LogP contribution in [0.15, 0.2) is 0 Å². The maximum absolute atomic E-state index is 12.8. The number of alkyl halides is 3. The molecule has 1 aliphatic carbocycles. The predicted molar refractivity (Wildman–Crippen MR) is 111 cm³/mol. The smallest absolute Gasteiger partial charge is 0.387 e. The van der Waals surface area contributed by atoms with Gasteiger partial charge in [0, 0.05) is 37.4 Å². The van der Waals surface area contributed by atoms with Gasteiger partial charge in [0.25, 0.3) is 0 Å². The Kier molecular flexibility index (Phi) is 6.99. The van der Waals surface area contributed by atoms with E-state index in [0.717, 1.165) is 32.1 Å². The number of likely N-dealkylation sites (tertiary alicyclic amines) is 2. The van der Waals surface area contributed by atoms with Crippen LogP contribution in [0.1, 0.15) is 72.1 Å². The molecule has 0 radical (unpaired) electrons. The van der Waals surface area contributed by atoms with Gasteiger partial charge in [0.15, 0.2) is 0 Å². The van der Waals surface area contributed by atoms with Crippen LogP contribution < -0.4 is 0 Å². The highest BCUT2D eigenvalue weighted by Crippen LogP contribution is 2.51. The van der Waals surface area contributed by atoms with Crippen LogP contribution in [0.25, 0.3) is 0 Å². The second kappa shape index (κ2) is 8.91.